The van der Waals surface area contributed by atoms with E-state index < -0.39 is 0 Å². The summed E-state index contributed by atoms with van der Waals surface area (Å²) < 4.78 is 5.50. The average molecular weight is 244 g/mol. The molecule has 1 rings (SSSR count). The average Bonchev–Trinajstić information content (AvgIpc) is 2.37. The second-order valence-electron chi connectivity index (χ2n) is 5.17. The van der Waals surface area contributed by atoms with Gasteiger partial charge >= 0.3 is 0 Å². The summed E-state index contributed by atoms with van der Waals surface area (Å²) in [5.41, 5.74) is -0.147. The lowest BCUT2D eigenvalue weighted by atomic mass is 9.98. The topological polar surface area (TPSA) is 44.7 Å². The van der Waals surface area contributed by atoms with E-state index in [1.807, 2.05) is 0 Å². The highest BCUT2D eigenvalue weighted by Crippen LogP contribution is 2.15. The molecule has 0 amide bonds. The molecule has 0 aromatic carbocycles. The first kappa shape index (κ1) is 14.9. The minimum Gasteiger partial charge on any atom is -0.394 e. The fourth-order valence-corrected chi connectivity index (χ4v) is 2.40. The first-order chi connectivity index (χ1) is 8.15. The third kappa shape index (κ3) is 4.54. The van der Waals surface area contributed by atoms with Gasteiger partial charge in [-0.2, -0.15) is 0 Å². The lowest BCUT2D eigenvalue weighted by Crippen LogP contribution is -2.51. The van der Waals surface area contributed by atoms with Gasteiger partial charge < -0.3 is 15.2 Å². The van der Waals surface area contributed by atoms with Crippen LogP contribution in [0.2, 0.25) is 0 Å². The van der Waals surface area contributed by atoms with E-state index in [1.165, 1.54) is 0 Å². The van der Waals surface area contributed by atoms with Gasteiger partial charge in [0.25, 0.3) is 0 Å². The van der Waals surface area contributed by atoms with Crippen LogP contribution in [-0.2, 0) is 4.74 Å². The number of hydrogen-bond acceptors (Lipinski definition) is 4. The molecule has 0 spiro atoms. The summed E-state index contributed by atoms with van der Waals surface area (Å²) >= 11 is 0. The van der Waals surface area contributed by atoms with Gasteiger partial charge in [-0.05, 0) is 26.3 Å². The van der Waals surface area contributed by atoms with Crippen LogP contribution in [-0.4, -0.2) is 61.0 Å². The number of rotatable bonds is 7. The lowest BCUT2D eigenvalue weighted by Gasteiger charge is -2.38. The Kier molecular flexibility index (Phi) is 6.41. The summed E-state index contributed by atoms with van der Waals surface area (Å²) in [6.07, 6.45) is 2.12. The molecule has 1 fully saturated rings. The molecule has 17 heavy (non-hydrogen) atoms. The zero-order valence-corrected chi connectivity index (χ0v) is 11.5. The van der Waals surface area contributed by atoms with E-state index in [0.717, 1.165) is 45.7 Å². The fraction of sp³-hybridized carbons (Fsp3) is 1.00. The van der Waals surface area contributed by atoms with E-state index in [9.17, 15) is 5.11 Å². The van der Waals surface area contributed by atoms with E-state index in [-0.39, 0.29) is 12.1 Å². The zero-order chi connectivity index (χ0) is 12.7. The van der Waals surface area contributed by atoms with Crippen molar-refractivity contribution in [1.29, 1.82) is 0 Å². The number of hydrogen-bond donors (Lipinski definition) is 2. The normalized spacial score (nSPS) is 25.8. The van der Waals surface area contributed by atoms with Gasteiger partial charge in [0.05, 0.1) is 19.8 Å². The molecule has 102 valence electrons. The molecule has 2 N–H and O–H groups in total. The highest BCUT2D eigenvalue weighted by molar-refractivity contribution is 4.85. The van der Waals surface area contributed by atoms with Crippen molar-refractivity contribution in [2.24, 2.45) is 0 Å². The molecule has 0 aromatic rings. The molecule has 0 bridgehead atoms. The van der Waals surface area contributed by atoms with Gasteiger partial charge in [-0.3, -0.25) is 4.90 Å². The Morgan fingerprint density at radius 1 is 1.47 bits per heavy atom. The molecular weight excluding hydrogens is 216 g/mol. The summed E-state index contributed by atoms with van der Waals surface area (Å²) in [6.45, 7) is 11.2. The molecule has 4 heteroatoms. The Bertz CT molecular complexity index is 214. The predicted octanol–water partition coefficient (Wildman–Crippen LogP) is 0.848. The van der Waals surface area contributed by atoms with Crippen molar-refractivity contribution < 1.29 is 9.84 Å². The van der Waals surface area contributed by atoms with Gasteiger partial charge in [-0.15, -0.1) is 0 Å². The third-order valence-electron chi connectivity index (χ3n) is 3.72. The van der Waals surface area contributed by atoms with Crippen molar-refractivity contribution in [3.63, 3.8) is 0 Å². The molecule has 0 saturated carbocycles. The maximum absolute atomic E-state index is 9.46. The van der Waals surface area contributed by atoms with Crippen molar-refractivity contribution in [2.75, 3.05) is 39.5 Å². The standard InChI is InChI=1S/C13H28N2O2/c1-4-12-10-17-9-8-15(12)7-6-13(3,11-16)14-5-2/h12,14,16H,4-11H2,1-3H3. The molecular formula is C13H28N2O2. The first-order valence-corrected chi connectivity index (χ1v) is 6.83. The van der Waals surface area contributed by atoms with Gasteiger partial charge in [0.1, 0.15) is 0 Å². The number of nitrogens with zero attached hydrogens (tertiary/aromatic N) is 1. The Morgan fingerprint density at radius 2 is 2.24 bits per heavy atom. The number of likely N-dealkylation sites (N-methyl/N-ethyl adjacent to an activating group) is 1. The monoisotopic (exact) mass is 244 g/mol. The van der Waals surface area contributed by atoms with Crippen LogP contribution in [0.15, 0.2) is 0 Å². The predicted molar refractivity (Wildman–Crippen MR) is 70.3 cm³/mol. The Morgan fingerprint density at radius 3 is 2.82 bits per heavy atom. The summed E-state index contributed by atoms with van der Waals surface area (Å²) in [4.78, 5) is 2.49. The second kappa shape index (κ2) is 7.31. The molecule has 0 radical (unpaired) electrons. The van der Waals surface area contributed by atoms with Crippen LogP contribution in [0.25, 0.3) is 0 Å². The molecule has 4 nitrogen and oxygen atoms in total. The SMILES string of the molecule is CCNC(C)(CO)CCN1CCOCC1CC. The lowest BCUT2D eigenvalue weighted by molar-refractivity contribution is -0.0135. The molecule has 2 unspecified atom stereocenters. The fourth-order valence-electron chi connectivity index (χ4n) is 2.40. The maximum Gasteiger partial charge on any atom is 0.0622 e. The zero-order valence-electron chi connectivity index (χ0n) is 11.5. The largest absolute Gasteiger partial charge is 0.394 e. The molecule has 0 aliphatic carbocycles. The minimum absolute atomic E-state index is 0.147. The van der Waals surface area contributed by atoms with Crippen molar-refractivity contribution in [3.05, 3.63) is 0 Å². The second-order valence-corrected chi connectivity index (χ2v) is 5.17. The minimum atomic E-state index is -0.147. The van der Waals surface area contributed by atoms with E-state index in [1.54, 1.807) is 0 Å². The van der Waals surface area contributed by atoms with Crippen molar-refractivity contribution >= 4 is 0 Å². The first-order valence-electron chi connectivity index (χ1n) is 6.83. The summed E-state index contributed by atoms with van der Waals surface area (Å²) in [5, 5.41) is 12.8. The smallest absolute Gasteiger partial charge is 0.0622 e. The summed E-state index contributed by atoms with van der Waals surface area (Å²) in [7, 11) is 0. The molecule has 0 aromatic heterocycles. The van der Waals surface area contributed by atoms with E-state index in [0.29, 0.717) is 6.04 Å². The summed E-state index contributed by atoms with van der Waals surface area (Å²) in [6, 6.07) is 0.549. The van der Waals surface area contributed by atoms with Gasteiger partial charge in [-0.25, -0.2) is 0 Å². The van der Waals surface area contributed by atoms with Crippen LogP contribution in [0.5, 0.6) is 0 Å². The highest BCUT2D eigenvalue weighted by atomic mass is 16.5. The molecule has 1 aliphatic rings. The molecule has 1 aliphatic heterocycles. The number of morpholine rings is 1. The number of aliphatic hydroxyl groups is 1. The van der Waals surface area contributed by atoms with Crippen LogP contribution < -0.4 is 5.32 Å². The number of nitrogens with one attached hydrogen (secondary N) is 1. The van der Waals surface area contributed by atoms with E-state index in [4.69, 9.17) is 4.74 Å². The third-order valence-corrected chi connectivity index (χ3v) is 3.72. The van der Waals surface area contributed by atoms with Crippen LogP contribution >= 0.6 is 0 Å². The Hall–Kier alpha value is -0.160. The van der Waals surface area contributed by atoms with Crippen LogP contribution in [0.3, 0.4) is 0 Å². The van der Waals surface area contributed by atoms with Crippen LogP contribution in [0, 0.1) is 0 Å². The van der Waals surface area contributed by atoms with Gasteiger partial charge in [0.2, 0.25) is 0 Å². The quantitative estimate of drug-likeness (QED) is 0.697. The molecule has 1 saturated heterocycles. The summed E-state index contributed by atoms with van der Waals surface area (Å²) in [5.74, 6) is 0. The molecule has 1 heterocycles. The molecule has 2 atom stereocenters. The van der Waals surface area contributed by atoms with Gasteiger partial charge in [-0.1, -0.05) is 13.8 Å². The van der Waals surface area contributed by atoms with Crippen molar-refractivity contribution in [3.8, 4) is 0 Å². The number of aliphatic hydroxyl groups excluding tert-OH is 1. The van der Waals surface area contributed by atoms with Crippen molar-refractivity contribution in [2.45, 2.75) is 45.2 Å². The Balaban J connectivity index is 2.41. The van der Waals surface area contributed by atoms with Gasteiger partial charge in [0, 0.05) is 24.7 Å². The maximum atomic E-state index is 9.46. The number of ether oxygens (including phenoxy) is 1. The highest BCUT2D eigenvalue weighted by Gasteiger charge is 2.26. The van der Waals surface area contributed by atoms with E-state index >= 15 is 0 Å². The van der Waals surface area contributed by atoms with Crippen LogP contribution in [0.1, 0.15) is 33.6 Å². The van der Waals surface area contributed by atoms with E-state index in [2.05, 4.69) is 31.0 Å². The Labute approximate surface area is 105 Å². The van der Waals surface area contributed by atoms with Crippen LogP contribution in [0.4, 0.5) is 0 Å². The van der Waals surface area contributed by atoms with Gasteiger partial charge in [0.15, 0.2) is 0 Å². The van der Waals surface area contributed by atoms with Crippen molar-refractivity contribution in [1.82, 2.24) is 10.2 Å².